The van der Waals surface area contributed by atoms with E-state index in [9.17, 15) is 9.18 Å². The standard InChI is InChI=1S/C20H21BFN3O/c1-13-10-17(22)23-18(11-13)24-19(26)15-3-2-14(21)12-16(15)25-8-6-20(4-5-20)7-9-25/h2-3,10-12H,4-9H2,1H3,(H,23,24,26). The molecule has 2 radical (unpaired) electrons. The van der Waals surface area contributed by atoms with Gasteiger partial charge in [-0.2, -0.15) is 4.39 Å². The maximum atomic E-state index is 13.5. The average molecular weight is 349 g/mol. The summed E-state index contributed by atoms with van der Waals surface area (Å²) in [6.45, 7) is 3.62. The Morgan fingerprint density at radius 2 is 1.92 bits per heavy atom. The van der Waals surface area contributed by atoms with Gasteiger partial charge in [-0.15, -0.1) is 0 Å². The maximum Gasteiger partial charge on any atom is 0.258 e. The Labute approximate surface area is 154 Å². The van der Waals surface area contributed by atoms with Crippen LogP contribution in [0, 0.1) is 18.3 Å². The van der Waals surface area contributed by atoms with Gasteiger partial charge in [0.25, 0.3) is 5.91 Å². The van der Waals surface area contributed by atoms with Crippen molar-refractivity contribution in [2.45, 2.75) is 32.6 Å². The van der Waals surface area contributed by atoms with Crippen LogP contribution in [0.15, 0.2) is 30.3 Å². The van der Waals surface area contributed by atoms with E-state index in [1.165, 1.54) is 18.9 Å². The third kappa shape index (κ3) is 3.46. The minimum atomic E-state index is -0.608. The minimum Gasteiger partial charge on any atom is -0.371 e. The fourth-order valence-corrected chi connectivity index (χ4v) is 3.77. The quantitative estimate of drug-likeness (QED) is 0.685. The highest BCUT2D eigenvalue weighted by Gasteiger charge is 2.44. The van der Waals surface area contributed by atoms with E-state index in [0.717, 1.165) is 31.6 Å². The molecule has 1 aromatic carbocycles. The van der Waals surface area contributed by atoms with E-state index in [2.05, 4.69) is 15.2 Å². The Bertz CT molecular complexity index is 836. The van der Waals surface area contributed by atoms with Gasteiger partial charge in [-0.1, -0.05) is 11.5 Å². The molecule has 1 N–H and O–H groups in total. The van der Waals surface area contributed by atoms with Crippen molar-refractivity contribution in [3.05, 3.63) is 47.4 Å². The molecule has 2 aliphatic rings. The van der Waals surface area contributed by atoms with Crippen LogP contribution in [0.4, 0.5) is 15.9 Å². The molecule has 1 amide bonds. The first-order valence-electron chi connectivity index (χ1n) is 9.04. The molecule has 2 aromatic rings. The van der Waals surface area contributed by atoms with Gasteiger partial charge < -0.3 is 10.2 Å². The molecule has 1 spiro atoms. The van der Waals surface area contributed by atoms with E-state index < -0.39 is 5.95 Å². The maximum absolute atomic E-state index is 13.5. The highest BCUT2D eigenvalue weighted by molar-refractivity contribution is 6.33. The van der Waals surface area contributed by atoms with Gasteiger partial charge in [0.15, 0.2) is 0 Å². The zero-order chi connectivity index (χ0) is 18.3. The number of carbonyl (C=O) groups excluding carboxylic acids is 1. The number of carbonyl (C=O) groups is 1. The zero-order valence-corrected chi connectivity index (χ0v) is 14.9. The minimum absolute atomic E-state index is 0.214. The molecular weight excluding hydrogens is 328 g/mol. The summed E-state index contributed by atoms with van der Waals surface area (Å²) in [5, 5.41) is 2.71. The molecule has 2 fully saturated rings. The van der Waals surface area contributed by atoms with E-state index in [0.29, 0.717) is 22.0 Å². The first kappa shape index (κ1) is 17.1. The lowest BCUT2D eigenvalue weighted by molar-refractivity contribution is 0.102. The summed E-state index contributed by atoms with van der Waals surface area (Å²) in [4.78, 5) is 18.8. The number of anilines is 2. The summed E-state index contributed by atoms with van der Waals surface area (Å²) in [6.07, 6.45) is 4.98. The molecule has 4 rings (SSSR count). The number of nitrogens with zero attached hydrogens (tertiary/aromatic N) is 2. The number of benzene rings is 1. The first-order valence-corrected chi connectivity index (χ1v) is 9.04. The van der Waals surface area contributed by atoms with Crippen LogP contribution in [0.5, 0.6) is 0 Å². The molecule has 6 heteroatoms. The summed E-state index contributed by atoms with van der Waals surface area (Å²) in [5.41, 5.74) is 3.27. The van der Waals surface area contributed by atoms with Gasteiger partial charge in [-0.25, -0.2) is 4.98 Å². The third-order valence-corrected chi connectivity index (χ3v) is 5.57. The molecule has 1 saturated heterocycles. The van der Waals surface area contributed by atoms with Gasteiger partial charge in [-0.05, 0) is 67.9 Å². The van der Waals surface area contributed by atoms with Crippen LogP contribution in [-0.2, 0) is 0 Å². The molecule has 1 aromatic heterocycles. The van der Waals surface area contributed by atoms with Crippen molar-refractivity contribution in [2.75, 3.05) is 23.3 Å². The lowest BCUT2D eigenvalue weighted by Gasteiger charge is -2.35. The SMILES string of the molecule is [B]c1ccc(C(=O)Nc2cc(C)cc(F)n2)c(N2CCC3(CC2)CC3)c1. The highest BCUT2D eigenvalue weighted by Crippen LogP contribution is 2.54. The predicted molar refractivity (Wildman–Crippen MR) is 102 cm³/mol. The van der Waals surface area contributed by atoms with Crippen LogP contribution < -0.4 is 15.7 Å². The number of hydrogen-bond acceptors (Lipinski definition) is 3. The van der Waals surface area contributed by atoms with E-state index in [1.54, 1.807) is 25.1 Å². The Hall–Kier alpha value is -2.37. The van der Waals surface area contributed by atoms with Crippen molar-refractivity contribution in [3.63, 3.8) is 0 Å². The molecule has 4 nitrogen and oxygen atoms in total. The first-order chi connectivity index (χ1) is 12.4. The summed E-state index contributed by atoms with van der Waals surface area (Å²) in [5.74, 6) is -0.696. The number of hydrogen-bond donors (Lipinski definition) is 1. The molecule has 1 aliphatic heterocycles. The molecule has 0 atom stereocenters. The molecule has 132 valence electrons. The van der Waals surface area contributed by atoms with Crippen molar-refractivity contribution in [1.29, 1.82) is 0 Å². The van der Waals surface area contributed by atoms with Crippen LogP contribution in [0.1, 0.15) is 41.6 Å². The number of halogens is 1. The van der Waals surface area contributed by atoms with E-state index in [-0.39, 0.29) is 11.7 Å². The van der Waals surface area contributed by atoms with Gasteiger partial charge >= 0.3 is 0 Å². The van der Waals surface area contributed by atoms with Crippen molar-refractivity contribution in [1.82, 2.24) is 4.98 Å². The lowest BCUT2D eigenvalue weighted by Crippen LogP contribution is -2.36. The molecule has 0 bridgehead atoms. The fraction of sp³-hybridized carbons (Fsp3) is 0.400. The van der Waals surface area contributed by atoms with Gasteiger partial charge in [-0.3, -0.25) is 4.79 Å². The number of aromatic nitrogens is 1. The third-order valence-electron chi connectivity index (χ3n) is 5.57. The second-order valence-corrected chi connectivity index (χ2v) is 7.57. The number of aryl methyl sites for hydroxylation is 1. The molecule has 0 unspecified atom stereocenters. The summed E-state index contributed by atoms with van der Waals surface area (Å²) < 4.78 is 13.5. The van der Waals surface area contributed by atoms with E-state index in [4.69, 9.17) is 7.85 Å². The number of rotatable bonds is 3. The van der Waals surface area contributed by atoms with Crippen LogP contribution in [0.3, 0.4) is 0 Å². The Balaban J connectivity index is 1.58. The number of nitrogens with one attached hydrogen (secondary N) is 1. The van der Waals surface area contributed by atoms with E-state index in [1.807, 2.05) is 6.07 Å². The van der Waals surface area contributed by atoms with Crippen molar-refractivity contribution < 1.29 is 9.18 Å². The molecule has 2 heterocycles. The van der Waals surface area contributed by atoms with Crippen molar-refractivity contribution in [3.8, 4) is 0 Å². The van der Waals surface area contributed by atoms with Crippen LogP contribution >= 0.6 is 0 Å². The Morgan fingerprint density at radius 3 is 2.58 bits per heavy atom. The number of piperidine rings is 1. The van der Waals surface area contributed by atoms with Gasteiger partial charge in [0.1, 0.15) is 13.7 Å². The molecule has 1 aliphatic carbocycles. The Morgan fingerprint density at radius 1 is 1.19 bits per heavy atom. The number of pyridine rings is 1. The van der Waals surface area contributed by atoms with Crippen molar-refractivity contribution >= 4 is 30.7 Å². The van der Waals surface area contributed by atoms with Gasteiger partial charge in [0, 0.05) is 18.8 Å². The van der Waals surface area contributed by atoms with Crippen molar-refractivity contribution in [2.24, 2.45) is 5.41 Å². The number of amides is 1. The topological polar surface area (TPSA) is 45.2 Å². The van der Waals surface area contributed by atoms with Gasteiger partial charge in [0.05, 0.1) is 5.56 Å². The molecular formula is C20H21BFN3O. The molecule has 26 heavy (non-hydrogen) atoms. The normalized spacial score (nSPS) is 18.0. The van der Waals surface area contributed by atoms with Crippen LogP contribution in [-0.4, -0.2) is 31.8 Å². The van der Waals surface area contributed by atoms with E-state index >= 15 is 0 Å². The summed E-state index contributed by atoms with van der Waals surface area (Å²) in [6, 6.07) is 8.27. The predicted octanol–water partition coefficient (Wildman–Crippen LogP) is 2.96. The van der Waals surface area contributed by atoms with Crippen LogP contribution in [0.2, 0.25) is 0 Å². The second kappa shape index (κ2) is 6.42. The smallest absolute Gasteiger partial charge is 0.258 e. The summed E-state index contributed by atoms with van der Waals surface area (Å²) >= 11 is 0. The average Bonchev–Trinajstić information content (AvgIpc) is 3.33. The summed E-state index contributed by atoms with van der Waals surface area (Å²) in [7, 11) is 5.97. The zero-order valence-electron chi connectivity index (χ0n) is 14.9. The highest BCUT2D eigenvalue weighted by atomic mass is 19.1. The Kier molecular flexibility index (Phi) is 4.21. The molecule has 1 saturated carbocycles. The second-order valence-electron chi connectivity index (χ2n) is 7.57. The van der Waals surface area contributed by atoms with Gasteiger partial charge in [0.2, 0.25) is 5.95 Å². The monoisotopic (exact) mass is 349 g/mol. The van der Waals surface area contributed by atoms with Crippen LogP contribution in [0.25, 0.3) is 0 Å². The lowest BCUT2D eigenvalue weighted by atomic mass is 9.90. The fourth-order valence-electron chi connectivity index (χ4n) is 3.77. The largest absolute Gasteiger partial charge is 0.371 e.